The number of fused-ring (bicyclic) bond motifs is 1. The number of carbonyl (C=O) groups excluding carboxylic acids is 1. The maximum Gasteiger partial charge on any atom is 0.284 e. The average molecular weight is 319 g/mol. The van der Waals surface area contributed by atoms with E-state index in [4.69, 9.17) is 17.3 Å². The maximum absolute atomic E-state index is 12.3. The lowest BCUT2D eigenvalue weighted by Crippen LogP contribution is -2.47. The molecule has 0 radical (unpaired) electrons. The van der Waals surface area contributed by atoms with Gasteiger partial charge in [-0.15, -0.1) is 0 Å². The fourth-order valence-electron chi connectivity index (χ4n) is 2.70. The van der Waals surface area contributed by atoms with Crippen LogP contribution in [0.1, 0.15) is 23.3 Å². The number of nitrogens with two attached hydrogens (primary N) is 1. The second kappa shape index (κ2) is 6.60. The van der Waals surface area contributed by atoms with Gasteiger partial charge in [0, 0.05) is 23.5 Å². The second-order valence-corrected chi connectivity index (χ2v) is 6.08. The molecule has 3 N–H and O–H groups in total. The standard InChI is InChI=1S/C16H19ClN4O/c17-13-2-4-14-12(9-13)1-3-15(19-14)16(22)20-21-7-5-11(10-18)6-8-21/h1-4,9,11H,5-8,10,18H2,(H,20,22). The van der Waals surface area contributed by atoms with Gasteiger partial charge < -0.3 is 5.73 Å². The Balaban J connectivity index is 1.68. The smallest absolute Gasteiger partial charge is 0.284 e. The van der Waals surface area contributed by atoms with Gasteiger partial charge in [0.05, 0.1) is 5.52 Å². The first-order valence-corrected chi connectivity index (χ1v) is 7.86. The van der Waals surface area contributed by atoms with E-state index >= 15 is 0 Å². The van der Waals surface area contributed by atoms with Gasteiger partial charge in [-0.3, -0.25) is 10.2 Å². The van der Waals surface area contributed by atoms with Crippen molar-refractivity contribution >= 4 is 28.4 Å². The molecule has 0 bridgehead atoms. The van der Waals surface area contributed by atoms with Gasteiger partial charge in [-0.25, -0.2) is 9.99 Å². The van der Waals surface area contributed by atoms with Gasteiger partial charge in [0.25, 0.3) is 5.91 Å². The lowest BCUT2D eigenvalue weighted by atomic mass is 9.98. The van der Waals surface area contributed by atoms with Crippen LogP contribution in [-0.4, -0.2) is 35.5 Å². The van der Waals surface area contributed by atoms with Crippen molar-refractivity contribution in [3.8, 4) is 0 Å². The largest absolute Gasteiger partial charge is 0.330 e. The van der Waals surface area contributed by atoms with Crippen molar-refractivity contribution in [1.29, 1.82) is 0 Å². The molecular weight excluding hydrogens is 300 g/mol. The first-order valence-electron chi connectivity index (χ1n) is 7.48. The third-order valence-corrected chi connectivity index (χ3v) is 4.33. The van der Waals surface area contributed by atoms with Crippen molar-refractivity contribution in [2.75, 3.05) is 19.6 Å². The monoisotopic (exact) mass is 318 g/mol. The Morgan fingerprint density at radius 2 is 2.09 bits per heavy atom. The van der Waals surface area contributed by atoms with Gasteiger partial charge in [-0.2, -0.15) is 0 Å². The zero-order valence-electron chi connectivity index (χ0n) is 12.3. The van der Waals surface area contributed by atoms with Gasteiger partial charge in [-0.1, -0.05) is 17.7 Å². The maximum atomic E-state index is 12.3. The lowest BCUT2D eigenvalue weighted by Gasteiger charge is -2.31. The van der Waals surface area contributed by atoms with E-state index < -0.39 is 0 Å². The topological polar surface area (TPSA) is 71.2 Å². The molecule has 1 aliphatic heterocycles. The Labute approximate surface area is 134 Å². The SMILES string of the molecule is NCC1CCN(NC(=O)c2ccc3cc(Cl)ccc3n2)CC1. The molecule has 22 heavy (non-hydrogen) atoms. The molecule has 5 nitrogen and oxygen atoms in total. The summed E-state index contributed by atoms with van der Waals surface area (Å²) >= 11 is 5.95. The number of amides is 1. The number of hydrogen-bond donors (Lipinski definition) is 2. The molecule has 2 aromatic rings. The zero-order valence-corrected chi connectivity index (χ0v) is 13.0. The van der Waals surface area contributed by atoms with E-state index in [0.717, 1.165) is 43.4 Å². The molecule has 1 aromatic heterocycles. The number of hydrazine groups is 1. The van der Waals surface area contributed by atoms with E-state index in [0.29, 0.717) is 16.6 Å². The number of nitrogens with zero attached hydrogens (tertiary/aromatic N) is 2. The molecule has 0 unspecified atom stereocenters. The molecule has 6 heteroatoms. The summed E-state index contributed by atoms with van der Waals surface area (Å²) in [5.74, 6) is 0.389. The Kier molecular flexibility index (Phi) is 4.57. The Morgan fingerprint density at radius 3 is 2.82 bits per heavy atom. The zero-order chi connectivity index (χ0) is 15.5. The van der Waals surface area contributed by atoms with E-state index in [1.807, 2.05) is 23.2 Å². The van der Waals surface area contributed by atoms with Crippen molar-refractivity contribution in [2.24, 2.45) is 11.7 Å². The van der Waals surface area contributed by atoms with Crippen LogP contribution >= 0.6 is 11.6 Å². The van der Waals surface area contributed by atoms with Crippen LogP contribution in [0, 0.1) is 5.92 Å². The van der Waals surface area contributed by atoms with Crippen LogP contribution < -0.4 is 11.2 Å². The number of hydrogen-bond acceptors (Lipinski definition) is 4. The number of benzene rings is 1. The summed E-state index contributed by atoms with van der Waals surface area (Å²) in [5, 5.41) is 3.53. The molecule has 0 atom stereocenters. The number of nitrogens with one attached hydrogen (secondary N) is 1. The van der Waals surface area contributed by atoms with Crippen LogP contribution in [0.4, 0.5) is 0 Å². The van der Waals surface area contributed by atoms with E-state index in [9.17, 15) is 4.79 Å². The lowest BCUT2D eigenvalue weighted by molar-refractivity contribution is 0.0702. The highest BCUT2D eigenvalue weighted by atomic mass is 35.5. The van der Waals surface area contributed by atoms with Gasteiger partial charge in [0.15, 0.2) is 0 Å². The molecule has 1 amide bonds. The van der Waals surface area contributed by atoms with Gasteiger partial charge in [0.1, 0.15) is 5.69 Å². The summed E-state index contributed by atoms with van der Waals surface area (Å²) < 4.78 is 0. The summed E-state index contributed by atoms with van der Waals surface area (Å²) in [5.41, 5.74) is 9.78. The number of halogens is 1. The predicted octanol–water partition coefficient (Wildman–Crippen LogP) is 2.20. The second-order valence-electron chi connectivity index (χ2n) is 5.64. The van der Waals surface area contributed by atoms with Crippen LogP contribution in [0.15, 0.2) is 30.3 Å². The summed E-state index contributed by atoms with van der Waals surface area (Å²) in [6.45, 7) is 2.38. The first kappa shape index (κ1) is 15.2. The molecule has 1 aliphatic rings. The Hall–Kier alpha value is -1.69. The van der Waals surface area contributed by atoms with Crippen LogP contribution in [0.3, 0.4) is 0 Å². The van der Waals surface area contributed by atoms with Crippen LogP contribution in [-0.2, 0) is 0 Å². The first-order chi connectivity index (χ1) is 10.7. The molecule has 0 aliphatic carbocycles. The number of carbonyl (C=O) groups is 1. The van der Waals surface area contributed by atoms with Crippen molar-refractivity contribution < 1.29 is 4.79 Å². The van der Waals surface area contributed by atoms with Gasteiger partial charge in [0.2, 0.25) is 0 Å². The predicted molar refractivity (Wildman–Crippen MR) is 87.6 cm³/mol. The van der Waals surface area contributed by atoms with Crippen molar-refractivity contribution in [1.82, 2.24) is 15.4 Å². The van der Waals surface area contributed by atoms with Crippen LogP contribution in [0.5, 0.6) is 0 Å². The van der Waals surface area contributed by atoms with Gasteiger partial charge in [-0.05, 0) is 49.6 Å². The fraction of sp³-hybridized carbons (Fsp3) is 0.375. The molecule has 1 fully saturated rings. The molecule has 1 saturated heterocycles. The minimum atomic E-state index is -0.178. The number of pyridine rings is 1. The van der Waals surface area contributed by atoms with Crippen molar-refractivity contribution in [2.45, 2.75) is 12.8 Å². The normalized spacial score (nSPS) is 16.8. The van der Waals surface area contributed by atoms with E-state index in [1.54, 1.807) is 12.1 Å². The van der Waals surface area contributed by atoms with Crippen LogP contribution in [0.25, 0.3) is 10.9 Å². The Bertz CT molecular complexity index is 683. The minimum absolute atomic E-state index is 0.178. The molecule has 0 saturated carbocycles. The number of rotatable bonds is 3. The highest BCUT2D eigenvalue weighted by Crippen LogP contribution is 2.18. The molecular formula is C16H19ClN4O. The number of aromatic nitrogens is 1. The third-order valence-electron chi connectivity index (χ3n) is 4.09. The summed E-state index contributed by atoms with van der Waals surface area (Å²) in [7, 11) is 0. The molecule has 3 rings (SSSR count). The molecule has 0 spiro atoms. The summed E-state index contributed by atoms with van der Waals surface area (Å²) in [4.78, 5) is 16.7. The van der Waals surface area contributed by atoms with Crippen LogP contribution in [0.2, 0.25) is 5.02 Å². The summed E-state index contributed by atoms with van der Waals surface area (Å²) in [6, 6.07) is 9.02. The molecule has 1 aromatic carbocycles. The van der Waals surface area contributed by atoms with Crippen molar-refractivity contribution in [3.63, 3.8) is 0 Å². The Morgan fingerprint density at radius 1 is 1.32 bits per heavy atom. The van der Waals surface area contributed by atoms with E-state index in [-0.39, 0.29) is 5.91 Å². The molecule has 2 heterocycles. The molecule has 116 valence electrons. The fourth-order valence-corrected chi connectivity index (χ4v) is 2.88. The summed E-state index contributed by atoms with van der Waals surface area (Å²) in [6.07, 6.45) is 2.03. The van der Waals surface area contributed by atoms with E-state index in [1.165, 1.54) is 0 Å². The average Bonchev–Trinajstić information content (AvgIpc) is 2.55. The van der Waals surface area contributed by atoms with E-state index in [2.05, 4.69) is 10.4 Å². The number of piperidine rings is 1. The highest BCUT2D eigenvalue weighted by molar-refractivity contribution is 6.31. The van der Waals surface area contributed by atoms with Gasteiger partial charge >= 0.3 is 0 Å². The third kappa shape index (κ3) is 3.38. The quantitative estimate of drug-likeness (QED) is 0.910. The van der Waals surface area contributed by atoms with Crippen molar-refractivity contribution in [3.05, 3.63) is 41.0 Å². The minimum Gasteiger partial charge on any atom is -0.330 e. The highest BCUT2D eigenvalue weighted by Gasteiger charge is 2.20.